The molecule has 0 saturated heterocycles. The smallest absolute Gasteiger partial charge is 0.318 e. The summed E-state index contributed by atoms with van der Waals surface area (Å²) in [5.74, 6) is 1.19. The number of rotatable bonds is 10. The number of amides is 3. The van der Waals surface area contributed by atoms with Gasteiger partial charge in [0.05, 0.1) is 18.0 Å². The van der Waals surface area contributed by atoms with Crippen LogP contribution in [0.1, 0.15) is 19.7 Å². The number of nitrogens with one attached hydrogen (secondary N) is 1. The second-order valence-corrected chi connectivity index (χ2v) is 9.80. The molecule has 0 saturated carbocycles. The lowest BCUT2D eigenvalue weighted by atomic mass is 10.1. The molecular formula is C28H29N5O4S. The van der Waals surface area contributed by atoms with Crippen LogP contribution in [0.2, 0.25) is 0 Å². The maximum absolute atomic E-state index is 12.7. The lowest BCUT2D eigenvalue weighted by Gasteiger charge is -2.20. The number of aromatic nitrogens is 3. The van der Waals surface area contributed by atoms with Crippen LogP contribution in [0.15, 0.2) is 84.0 Å². The number of para-hydroxylation sites is 3. The highest BCUT2D eigenvalue weighted by molar-refractivity contribution is 8.00. The molecule has 0 aliphatic heterocycles. The van der Waals surface area contributed by atoms with Crippen molar-refractivity contribution in [2.45, 2.75) is 30.9 Å². The topological polar surface area (TPSA) is 121 Å². The predicted molar refractivity (Wildman–Crippen MR) is 146 cm³/mol. The van der Waals surface area contributed by atoms with Crippen molar-refractivity contribution < 1.29 is 19.1 Å². The summed E-state index contributed by atoms with van der Waals surface area (Å²) in [6.07, 6.45) is 0. The normalized spacial score (nSPS) is 11.7. The van der Waals surface area contributed by atoms with Crippen LogP contribution < -0.4 is 20.5 Å². The van der Waals surface area contributed by atoms with E-state index in [1.54, 1.807) is 7.11 Å². The van der Waals surface area contributed by atoms with Crippen molar-refractivity contribution in [3.8, 4) is 28.3 Å². The van der Waals surface area contributed by atoms with Gasteiger partial charge in [-0.3, -0.25) is 14.7 Å². The van der Waals surface area contributed by atoms with E-state index in [1.165, 1.54) is 11.8 Å². The van der Waals surface area contributed by atoms with E-state index in [1.807, 2.05) is 97.3 Å². The van der Waals surface area contributed by atoms with Gasteiger partial charge in [-0.1, -0.05) is 86.3 Å². The molecule has 38 heavy (non-hydrogen) atoms. The predicted octanol–water partition coefficient (Wildman–Crippen LogP) is 4.83. The molecule has 3 N–H and O–H groups in total. The molecule has 0 radical (unpaired) electrons. The van der Waals surface area contributed by atoms with Gasteiger partial charge in [0.15, 0.2) is 11.0 Å². The minimum Gasteiger partial charge on any atom is -0.495 e. The summed E-state index contributed by atoms with van der Waals surface area (Å²) in [6, 6.07) is 24.3. The van der Waals surface area contributed by atoms with Gasteiger partial charge in [0.1, 0.15) is 18.1 Å². The Morgan fingerprint density at radius 2 is 1.61 bits per heavy atom. The summed E-state index contributed by atoms with van der Waals surface area (Å²) in [5.41, 5.74) is 7.87. The van der Waals surface area contributed by atoms with Gasteiger partial charge < -0.3 is 15.2 Å². The van der Waals surface area contributed by atoms with Crippen molar-refractivity contribution in [1.82, 2.24) is 20.1 Å². The molecule has 0 aliphatic rings. The standard InChI is InChI=1S/C28H29N5O4S/c1-18(2)25(26(34)30-27(29)35)38-28-32-31-24(33(28)21-14-8-10-16-23(21)36-3)17-37-22-15-9-7-13-20(22)19-11-5-4-6-12-19/h4-16,18,25H,17H2,1-3H3,(H3,29,30,34,35)/t25-/m0/s1. The van der Waals surface area contributed by atoms with Gasteiger partial charge in [0, 0.05) is 5.56 Å². The average molecular weight is 532 g/mol. The summed E-state index contributed by atoms with van der Waals surface area (Å²) in [4.78, 5) is 24.1. The fraction of sp³-hybridized carbons (Fsp3) is 0.214. The summed E-state index contributed by atoms with van der Waals surface area (Å²) in [6.45, 7) is 3.87. The van der Waals surface area contributed by atoms with Gasteiger partial charge in [0.25, 0.3) is 0 Å². The van der Waals surface area contributed by atoms with E-state index in [4.69, 9.17) is 15.2 Å². The van der Waals surface area contributed by atoms with Crippen LogP contribution in [0.5, 0.6) is 11.5 Å². The lowest BCUT2D eigenvalue weighted by molar-refractivity contribution is -0.120. The van der Waals surface area contributed by atoms with Crippen molar-refractivity contribution in [3.63, 3.8) is 0 Å². The quantitative estimate of drug-likeness (QED) is 0.281. The fourth-order valence-electron chi connectivity index (χ4n) is 3.92. The number of carbonyl (C=O) groups excluding carboxylic acids is 2. The zero-order chi connectivity index (χ0) is 27.1. The van der Waals surface area contributed by atoms with Gasteiger partial charge in [-0.15, -0.1) is 10.2 Å². The van der Waals surface area contributed by atoms with Crippen molar-refractivity contribution in [2.24, 2.45) is 11.7 Å². The fourth-order valence-corrected chi connectivity index (χ4v) is 4.98. The van der Waals surface area contributed by atoms with Crippen LogP contribution in [0, 0.1) is 5.92 Å². The highest BCUT2D eigenvalue weighted by atomic mass is 32.2. The second-order valence-electron chi connectivity index (χ2n) is 8.69. The highest BCUT2D eigenvalue weighted by Crippen LogP contribution is 2.34. The van der Waals surface area contributed by atoms with Gasteiger partial charge in [-0.25, -0.2) is 4.79 Å². The van der Waals surface area contributed by atoms with Crippen molar-refractivity contribution in [1.29, 1.82) is 0 Å². The molecular weight excluding hydrogens is 502 g/mol. The number of carbonyl (C=O) groups is 2. The Balaban J connectivity index is 1.71. The Morgan fingerprint density at radius 1 is 0.947 bits per heavy atom. The van der Waals surface area contributed by atoms with E-state index in [9.17, 15) is 9.59 Å². The maximum Gasteiger partial charge on any atom is 0.318 e. The first-order valence-corrected chi connectivity index (χ1v) is 12.9. The number of benzene rings is 3. The van der Waals surface area contributed by atoms with Crippen LogP contribution in [0.4, 0.5) is 4.79 Å². The number of primary amides is 1. The number of thioether (sulfide) groups is 1. The van der Waals surface area contributed by atoms with E-state index in [0.717, 1.165) is 11.1 Å². The van der Waals surface area contributed by atoms with Gasteiger partial charge >= 0.3 is 6.03 Å². The number of ether oxygens (including phenoxy) is 2. The Hall–Kier alpha value is -4.31. The molecule has 0 spiro atoms. The van der Waals surface area contributed by atoms with Gasteiger partial charge in [-0.2, -0.15) is 0 Å². The van der Waals surface area contributed by atoms with Crippen LogP contribution >= 0.6 is 11.8 Å². The van der Waals surface area contributed by atoms with Gasteiger partial charge in [-0.05, 0) is 29.7 Å². The molecule has 196 valence electrons. The zero-order valence-corrected chi connectivity index (χ0v) is 22.1. The van der Waals surface area contributed by atoms with E-state index in [-0.39, 0.29) is 12.5 Å². The molecule has 4 rings (SSSR count). The van der Waals surface area contributed by atoms with Crippen molar-refractivity contribution in [2.75, 3.05) is 7.11 Å². The summed E-state index contributed by atoms with van der Waals surface area (Å²) >= 11 is 1.19. The SMILES string of the molecule is COc1ccccc1-n1c(COc2ccccc2-c2ccccc2)nnc1S[C@H](C(=O)NC(N)=O)C(C)C. The number of imide groups is 1. The first-order valence-electron chi connectivity index (χ1n) is 12.0. The minimum atomic E-state index is -0.904. The molecule has 10 heteroatoms. The summed E-state index contributed by atoms with van der Waals surface area (Å²) in [5, 5.41) is 10.8. The van der Waals surface area contributed by atoms with Crippen molar-refractivity contribution in [3.05, 3.63) is 84.7 Å². The van der Waals surface area contributed by atoms with Crippen LogP contribution in [-0.4, -0.2) is 39.1 Å². The van der Waals surface area contributed by atoms with Crippen LogP contribution in [0.25, 0.3) is 16.8 Å². The van der Waals surface area contributed by atoms with E-state index < -0.39 is 17.2 Å². The first kappa shape index (κ1) is 26.7. The average Bonchev–Trinajstić information content (AvgIpc) is 3.32. The largest absolute Gasteiger partial charge is 0.495 e. The maximum atomic E-state index is 12.7. The molecule has 9 nitrogen and oxygen atoms in total. The molecule has 0 unspecified atom stereocenters. The Morgan fingerprint density at radius 3 is 2.29 bits per heavy atom. The molecule has 3 amide bonds. The van der Waals surface area contributed by atoms with Gasteiger partial charge in [0.2, 0.25) is 5.91 Å². The molecule has 1 heterocycles. The first-order chi connectivity index (χ1) is 18.4. The van der Waals surface area contributed by atoms with E-state index in [0.29, 0.717) is 28.2 Å². The highest BCUT2D eigenvalue weighted by Gasteiger charge is 2.29. The molecule has 1 atom stereocenters. The number of hydrogen-bond donors (Lipinski definition) is 2. The third-order valence-electron chi connectivity index (χ3n) is 5.70. The molecule has 1 aromatic heterocycles. The second kappa shape index (κ2) is 12.3. The minimum absolute atomic E-state index is 0.106. The summed E-state index contributed by atoms with van der Waals surface area (Å²) < 4.78 is 13.7. The Bertz CT molecular complexity index is 1410. The van der Waals surface area contributed by atoms with Crippen LogP contribution in [-0.2, 0) is 11.4 Å². The number of methoxy groups -OCH3 is 1. The van der Waals surface area contributed by atoms with Crippen LogP contribution in [0.3, 0.4) is 0 Å². The third-order valence-corrected chi connectivity index (χ3v) is 7.19. The number of nitrogens with zero attached hydrogens (tertiary/aromatic N) is 3. The lowest BCUT2D eigenvalue weighted by Crippen LogP contribution is -2.42. The molecule has 0 fully saturated rings. The van der Waals surface area contributed by atoms with Crippen molar-refractivity contribution >= 4 is 23.7 Å². The summed E-state index contributed by atoms with van der Waals surface area (Å²) in [7, 11) is 1.58. The number of urea groups is 1. The van der Waals surface area contributed by atoms with E-state index in [2.05, 4.69) is 15.5 Å². The molecule has 4 aromatic rings. The van der Waals surface area contributed by atoms with E-state index >= 15 is 0 Å². The molecule has 0 aliphatic carbocycles. The Kier molecular flexibility index (Phi) is 8.65. The molecule has 3 aromatic carbocycles. The molecule has 0 bridgehead atoms. The Labute approximate surface area is 225 Å². The number of nitrogens with two attached hydrogens (primary N) is 1. The monoisotopic (exact) mass is 531 g/mol. The third kappa shape index (κ3) is 6.15. The zero-order valence-electron chi connectivity index (χ0n) is 21.3. The number of hydrogen-bond acceptors (Lipinski definition) is 7.